The SMILES string of the molecule is CC1=CCC(C(=O)N(Cc2cccnc2)Cc2ccc(Cl)cc2Cl)C(C(=O)O)C1. The van der Waals surface area contributed by atoms with E-state index >= 15 is 0 Å². The molecule has 3 rings (SSSR count). The van der Waals surface area contributed by atoms with Crippen LogP contribution < -0.4 is 0 Å². The van der Waals surface area contributed by atoms with Crippen molar-refractivity contribution in [3.05, 3.63) is 75.5 Å². The summed E-state index contributed by atoms with van der Waals surface area (Å²) in [5, 5.41) is 10.7. The molecule has 2 atom stereocenters. The summed E-state index contributed by atoms with van der Waals surface area (Å²) in [5.74, 6) is -2.48. The minimum Gasteiger partial charge on any atom is -0.481 e. The van der Waals surface area contributed by atoms with Crippen molar-refractivity contribution < 1.29 is 14.7 Å². The minimum absolute atomic E-state index is 0.198. The van der Waals surface area contributed by atoms with Gasteiger partial charge in [0.25, 0.3) is 0 Å². The van der Waals surface area contributed by atoms with Gasteiger partial charge in [-0.1, -0.05) is 47.0 Å². The summed E-state index contributed by atoms with van der Waals surface area (Å²) in [6.45, 7) is 2.48. The Morgan fingerprint density at radius 1 is 1.21 bits per heavy atom. The number of hydrogen-bond acceptors (Lipinski definition) is 3. The molecule has 0 spiro atoms. The number of nitrogens with zero attached hydrogens (tertiary/aromatic N) is 2. The van der Waals surface area contributed by atoms with Gasteiger partial charge in [0.15, 0.2) is 0 Å². The molecule has 0 saturated carbocycles. The molecule has 1 heterocycles. The molecule has 1 aliphatic rings. The quantitative estimate of drug-likeness (QED) is 0.653. The number of pyridine rings is 1. The van der Waals surface area contributed by atoms with Crippen molar-refractivity contribution >= 4 is 35.1 Å². The molecule has 2 aromatic rings. The highest BCUT2D eigenvalue weighted by molar-refractivity contribution is 6.35. The molecule has 29 heavy (non-hydrogen) atoms. The average molecular weight is 433 g/mol. The van der Waals surface area contributed by atoms with Crippen LogP contribution in [0.5, 0.6) is 0 Å². The Balaban J connectivity index is 1.90. The molecule has 1 N–H and O–H groups in total. The lowest BCUT2D eigenvalue weighted by atomic mass is 9.79. The fourth-order valence-electron chi connectivity index (χ4n) is 3.61. The van der Waals surface area contributed by atoms with Gasteiger partial charge in [-0.2, -0.15) is 0 Å². The first-order valence-electron chi connectivity index (χ1n) is 9.35. The van der Waals surface area contributed by atoms with Crippen LogP contribution in [0.2, 0.25) is 10.0 Å². The molecule has 1 aromatic carbocycles. The zero-order chi connectivity index (χ0) is 21.0. The van der Waals surface area contributed by atoms with Crippen molar-refractivity contribution in [2.24, 2.45) is 11.8 Å². The van der Waals surface area contributed by atoms with Gasteiger partial charge in [-0.3, -0.25) is 14.6 Å². The van der Waals surface area contributed by atoms with Crippen LogP contribution in [0.25, 0.3) is 0 Å². The number of hydrogen-bond donors (Lipinski definition) is 1. The van der Waals surface area contributed by atoms with E-state index in [1.54, 1.807) is 41.6 Å². The number of aliphatic carboxylic acids is 1. The Labute approximate surface area is 180 Å². The zero-order valence-corrected chi connectivity index (χ0v) is 17.5. The number of halogens is 2. The number of benzene rings is 1. The number of carbonyl (C=O) groups excluding carboxylic acids is 1. The van der Waals surface area contributed by atoms with Crippen LogP contribution in [0.15, 0.2) is 54.4 Å². The van der Waals surface area contributed by atoms with Gasteiger partial charge in [0.1, 0.15) is 0 Å². The van der Waals surface area contributed by atoms with E-state index in [-0.39, 0.29) is 12.5 Å². The molecule has 0 bridgehead atoms. The Morgan fingerprint density at radius 2 is 2.00 bits per heavy atom. The second kappa shape index (κ2) is 9.42. The van der Waals surface area contributed by atoms with Gasteiger partial charge in [0.2, 0.25) is 5.91 Å². The first-order chi connectivity index (χ1) is 13.8. The minimum atomic E-state index is -0.943. The fraction of sp³-hybridized carbons (Fsp3) is 0.318. The Kier molecular flexibility index (Phi) is 6.93. The van der Waals surface area contributed by atoms with Crippen LogP contribution in [0, 0.1) is 11.8 Å². The molecule has 1 amide bonds. The van der Waals surface area contributed by atoms with E-state index in [0.717, 1.165) is 16.7 Å². The first-order valence-corrected chi connectivity index (χ1v) is 10.1. The third-order valence-electron chi connectivity index (χ3n) is 5.17. The number of carboxylic acid groups (broad SMARTS) is 1. The van der Waals surface area contributed by atoms with Crippen molar-refractivity contribution in [1.82, 2.24) is 9.88 Å². The number of aromatic nitrogens is 1. The van der Waals surface area contributed by atoms with Gasteiger partial charge in [-0.15, -0.1) is 0 Å². The smallest absolute Gasteiger partial charge is 0.307 e. The number of carboxylic acids is 1. The van der Waals surface area contributed by atoms with E-state index in [9.17, 15) is 14.7 Å². The number of carbonyl (C=O) groups is 2. The summed E-state index contributed by atoms with van der Waals surface area (Å²) >= 11 is 12.3. The van der Waals surface area contributed by atoms with Gasteiger partial charge in [-0.05, 0) is 49.1 Å². The van der Waals surface area contributed by atoms with Crippen LogP contribution in [0.1, 0.15) is 30.9 Å². The number of allylic oxidation sites excluding steroid dienone is 2. The third kappa shape index (κ3) is 5.37. The highest BCUT2D eigenvalue weighted by Crippen LogP contribution is 2.33. The molecular formula is C22H22Cl2N2O3. The average Bonchev–Trinajstić information content (AvgIpc) is 2.69. The highest BCUT2D eigenvalue weighted by Gasteiger charge is 2.37. The summed E-state index contributed by atoms with van der Waals surface area (Å²) in [5.41, 5.74) is 2.61. The number of rotatable bonds is 6. The van der Waals surface area contributed by atoms with Gasteiger partial charge in [0, 0.05) is 35.5 Å². The predicted molar refractivity (Wildman–Crippen MR) is 113 cm³/mol. The maximum absolute atomic E-state index is 13.5. The van der Waals surface area contributed by atoms with Crippen LogP contribution >= 0.6 is 23.2 Å². The van der Waals surface area contributed by atoms with Crippen LogP contribution in [0.3, 0.4) is 0 Å². The predicted octanol–water partition coefficient (Wildman–Crippen LogP) is 4.97. The lowest BCUT2D eigenvalue weighted by molar-refractivity contribution is -0.151. The molecule has 0 saturated heterocycles. The molecule has 5 nitrogen and oxygen atoms in total. The Bertz CT molecular complexity index is 931. The summed E-state index contributed by atoms with van der Waals surface area (Å²) in [6, 6.07) is 8.84. The molecule has 1 aliphatic carbocycles. The number of amides is 1. The van der Waals surface area contributed by atoms with E-state index in [0.29, 0.717) is 29.4 Å². The third-order valence-corrected chi connectivity index (χ3v) is 5.75. The van der Waals surface area contributed by atoms with E-state index in [4.69, 9.17) is 23.2 Å². The fourth-order valence-corrected chi connectivity index (χ4v) is 4.08. The second-order valence-corrected chi connectivity index (χ2v) is 8.18. The van der Waals surface area contributed by atoms with Crippen LogP contribution in [-0.2, 0) is 22.7 Å². The van der Waals surface area contributed by atoms with E-state index in [1.165, 1.54) is 0 Å². The second-order valence-electron chi connectivity index (χ2n) is 7.33. The molecule has 152 valence electrons. The van der Waals surface area contributed by atoms with Crippen molar-refractivity contribution in [3.63, 3.8) is 0 Å². The lowest BCUT2D eigenvalue weighted by Crippen LogP contribution is -2.41. The molecular weight excluding hydrogens is 411 g/mol. The van der Waals surface area contributed by atoms with Crippen molar-refractivity contribution in [1.29, 1.82) is 0 Å². The zero-order valence-electron chi connectivity index (χ0n) is 16.0. The van der Waals surface area contributed by atoms with Gasteiger partial charge >= 0.3 is 5.97 Å². The van der Waals surface area contributed by atoms with Crippen LogP contribution in [0.4, 0.5) is 0 Å². The molecule has 1 aromatic heterocycles. The van der Waals surface area contributed by atoms with Crippen LogP contribution in [-0.4, -0.2) is 26.9 Å². The Morgan fingerprint density at radius 3 is 2.66 bits per heavy atom. The van der Waals surface area contributed by atoms with Crippen molar-refractivity contribution in [2.75, 3.05) is 0 Å². The molecule has 7 heteroatoms. The maximum atomic E-state index is 13.5. The molecule has 0 radical (unpaired) electrons. The van der Waals surface area contributed by atoms with Gasteiger partial charge in [-0.25, -0.2) is 0 Å². The van der Waals surface area contributed by atoms with Crippen molar-refractivity contribution in [2.45, 2.75) is 32.9 Å². The highest BCUT2D eigenvalue weighted by atomic mass is 35.5. The van der Waals surface area contributed by atoms with E-state index in [2.05, 4.69) is 4.98 Å². The van der Waals surface area contributed by atoms with E-state index < -0.39 is 17.8 Å². The molecule has 2 unspecified atom stereocenters. The lowest BCUT2D eigenvalue weighted by Gasteiger charge is -2.32. The summed E-state index contributed by atoms with van der Waals surface area (Å²) in [6.07, 6.45) is 6.12. The maximum Gasteiger partial charge on any atom is 0.307 e. The largest absolute Gasteiger partial charge is 0.481 e. The summed E-state index contributed by atoms with van der Waals surface area (Å²) < 4.78 is 0. The molecule has 0 fully saturated rings. The summed E-state index contributed by atoms with van der Waals surface area (Å²) in [4.78, 5) is 31.0. The Hall–Kier alpha value is -2.37. The van der Waals surface area contributed by atoms with Gasteiger partial charge in [0.05, 0.1) is 11.8 Å². The van der Waals surface area contributed by atoms with Crippen molar-refractivity contribution in [3.8, 4) is 0 Å². The van der Waals surface area contributed by atoms with E-state index in [1.807, 2.05) is 19.1 Å². The molecule has 0 aliphatic heterocycles. The summed E-state index contributed by atoms with van der Waals surface area (Å²) in [7, 11) is 0. The first kappa shape index (κ1) is 21.3. The topological polar surface area (TPSA) is 70.5 Å². The monoisotopic (exact) mass is 432 g/mol. The standard InChI is InChI=1S/C22H22Cl2N2O3/c1-14-4-7-18(19(9-14)22(28)29)21(27)26(12-15-3-2-8-25-11-15)13-16-5-6-17(23)10-20(16)24/h2-6,8,10-11,18-19H,7,9,12-13H2,1H3,(H,28,29). The van der Waals surface area contributed by atoms with Gasteiger partial charge < -0.3 is 10.0 Å². The normalized spacial score (nSPS) is 18.8.